The molecule has 0 aliphatic heterocycles. The van der Waals surface area contributed by atoms with Crippen LogP contribution in [0.4, 0.5) is 0 Å². The second kappa shape index (κ2) is 4.69. The first kappa shape index (κ1) is 12.1. The van der Waals surface area contributed by atoms with Crippen LogP contribution in [0.3, 0.4) is 0 Å². The molecule has 14 heavy (non-hydrogen) atoms. The van der Waals surface area contributed by atoms with Gasteiger partial charge in [0.05, 0.1) is 0 Å². The summed E-state index contributed by atoms with van der Waals surface area (Å²) in [5, 5.41) is 0. The molecule has 1 aromatic carbocycles. The van der Waals surface area contributed by atoms with Gasteiger partial charge < -0.3 is 0 Å². The summed E-state index contributed by atoms with van der Waals surface area (Å²) in [5.74, 6) is 0. The molecule has 1 heteroatoms. The summed E-state index contributed by atoms with van der Waals surface area (Å²) in [7, 11) is 0. The molecule has 0 amide bonds. The second-order valence-corrected chi connectivity index (χ2v) is 16.8. The standard InChI is InChI=1S/C6H5.C4H9.C3H7.Sn/c1-2-4-6-5-3-1;1-4(2)3;1-3-2;/h1-5H;1-3H3;3H,1-2H3;. The van der Waals surface area contributed by atoms with E-state index in [0.717, 1.165) is 3.93 Å². The van der Waals surface area contributed by atoms with Crippen molar-refractivity contribution in [1.82, 2.24) is 0 Å². The number of rotatable bonds is 2. The normalized spacial score (nSPS) is 12.5. The third-order valence-electron chi connectivity index (χ3n) is 2.47. The molecule has 0 heterocycles. The van der Waals surface area contributed by atoms with Crippen LogP contribution in [0.2, 0.25) is 7.36 Å². The van der Waals surface area contributed by atoms with Crippen molar-refractivity contribution >= 4 is 23.3 Å². The van der Waals surface area contributed by atoms with E-state index in [9.17, 15) is 0 Å². The molecule has 0 N–H and O–H groups in total. The first-order valence-corrected chi connectivity index (χ1v) is 9.86. The van der Waals surface area contributed by atoms with Crippen LogP contribution in [0.25, 0.3) is 0 Å². The Labute approximate surface area is 95.5 Å². The van der Waals surface area contributed by atoms with Crippen molar-refractivity contribution in [3.8, 4) is 0 Å². The Morgan fingerprint density at radius 3 is 1.86 bits per heavy atom. The molecule has 0 bridgehead atoms. The molecule has 0 aliphatic carbocycles. The summed E-state index contributed by atoms with van der Waals surface area (Å²) in [6.45, 7) is 12.0. The van der Waals surface area contributed by atoms with Gasteiger partial charge in [-0.25, -0.2) is 0 Å². The summed E-state index contributed by atoms with van der Waals surface area (Å²) < 4.78 is 3.09. The molecular formula is C13H21Sn. The van der Waals surface area contributed by atoms with E-state index < -0.39 is 19.8 Å². The van der Waals surface area contributed by atoms with E-state index in [1.807, 2.05) is 0 Å². The third kappa shape index (κ3) is 3.01. The molecule has 0 unspecified atom stereocenters. The van der Waals surface area contributed by atoms with E-state index in [0.29, 0.717) is 3.43 Å². The zero-order chi connectivity index (χ0) is 10.8. The van der Waals surface area contributed by atoms with Crippen molar-refractivity contribution < 1.29 is 0 Å². The molecule has 0 aromatic heterocycles. The molecule has 1 aromatic rings. The van der Waals surface area contributed by atoms with E-state index in [2.05, 4.69) is 65.0 Å². The summed E-state index contributed by atoms with van der Waals surface area (Å²) in [6.07, 6.45) is 0. The Balaban J connectivity index is 3.02. The number of benzene rings is 1. The van der Waals surface area contributed by atoms with E-state index >= 15 is 0 Å². The van der Waals surface area contributed by atoms with Gasteiger partial charge in [-0.3, -0.25) is 0 Å². The topological polar surface area (TPSA) is 0 Å². The van der Waals surface area contributed by atoms with Crippen LogP contribution in [0, 0.1) is 0 Å². The molecule has 0 atom stereocenters. The van der Waals surface area contributed by atoms with Crippen molar-refractivity contribution in [1.29, 1.82) is 0 Å². The predicted octanol–water partition coefficient (Wildman–Crippen LogP) is 3.60. The van der Waals surface area contributed by atoms with Gasteiger partial charge in [0.25, 0.3) is 0 Å². The van der Waals surface area contributed by atoms with E-state index in [4.69, 9.17) is 0 Å². The van der Waals surface area contributed by atoms with Crippen molar-refractivity contribution in [3.63, 3.8) is 0 Å². The summed E-state index contributed by atoms with van der Waals surface area (Å²) in [6, 6.07) is 11.2. The molecule has 0 fully saturated rings. The average molecular weight is 296 g/mol. The fourth-order valence-corrected chi connectivity index (χ4v) is 13.1. The molecule has 0 aliphatic rings. The van der Waals surface area contributed by atoms with Crippen LogP contribution in [0.1, 0.15) is 34.6 Å². The quantitative estimate of drug-likeness (QED) is 0.732. The number of hydrogen-bond acceptors (Lipinski definition) is 0. The minimum atomic E-state index is -1.48. The summed E-state index contributed by atoms with van der Waals surface area (Å²) in [4.78, 5) is 0. The molecular weight excluding hydrogens is 275 g/mol. The van der Waals surface area contributed by atoms with Gasteiger partial charge in [0.15, 0.2) is 0 Å². The maximum absolute atomic E-state index is 2.41. The molecule has 1 radical (unpaired) electrons. The maximum atomic E-state index is 2.41. The number of hydrogen-bond donors (Lipinski definition) is 0. The Morgan fingerprint density at radius 2 is 1.50 bits per heavy atom. The average Bonchev–Trinajstić information content (AvgIpc) is 2.02. The first-order valence-electron chi connectivity index (χ1n) is 5.35. The van der Waals surface area contributed by atoms with Gasteiger partial charge in [-0.15, -0.1) is 0 Å². The zero-order valence-electron chi connectivity index (χ0n) is 9.96. The monoisotopic (exact) mass is 297 g/mol. The van der Waals surface area contributed by atoms with Crippen LogP contribution in [-0.2, 0) is 0 Å². The van der Waals surface area contributed by atoms with Crippen LogP contribution in [-0.4, -0.2) is 19.8 Å². The molecule has 0 saturated heterocycles. The SMILES string of the molecule is C[CH](C)[Sn]([c]1ccccc1)[C](C)(C)C. The van der Waals surface area contributed by atoms with Gasteiger partial charge >= 0.3 is 95.7 Å². The zero-order valence-corrected chi connectivity index (χ0v) is 12.8. The van der Waals surface area contributed by atoms with Gasteiger partial charge in [0, 0.05) is 0 Å². The molecule has 77 valence electrons. The van der Waals surface area contributed by atoms with Crippen LogP contribution in [0.5, 0.6) is 0 Å². The Kier molecular flexibility index (Phi) is 4.05. The molecule has 0 spiro atoms. The van der Waals surface area contributed by atoms with Crippen LogP contribution >= 0.6 is 0 Å². The van der Waals surface area contributed by atoms with Crippen LogP contribution < -0.4 is 3.58 Å². The van der Waals surface area contributed by atoms with Gasteiger partial charge in [0.1, 0.15) is 0 Å². The van der Waals surface area contributed by atoms with Crippen molar-refractivity contribution in [2.75, 3.05) is 0 Å². The van der Waals surface area contributed by atoms with E-state index in [1.54, 1.807) is 3.58 Å². The fraction of sp³-hybridized carbons (Fsp3) is 0.538. The Hall–Kier alpha value is 0.0187. The van der Waals surface area contributed by atoms with Gasteiger partial charge in [-0.05, 0) is 0 Å². The Morgan fingerprint density at radius 1 is 1.00 bits per heavy atom. The van der Waals surface area contributed by atoms with Gasteiger partial charge in [-0.1, -0.05) is 0 Å². The van der Waals surface area contributed by atoms with Crippen LogP contribution in [0.15, 0.2) is 30.3 Å². The van der Waals surface area contributed by atoms with E-state index in [1.165, 1.54) is 0 Å². The predicted molar refractivity (Wildman–Crippen MR) is 66.6 cm³/mol. The van der Waals surface area contributed by atoms with Gasteiger partial charge in [0.2, 0.25) is 0 Å². The van der Waals surface area contributed by atoms with Gasteiger partial charge in [-0.2, -0.15) is 0 Å². The minimum absolute atomic E-state index is 0.539. The Bertz CT molecular complexity index is 269. The van der Waals surface area contributed by atoms with E-state index in [-0.39, 0.29) is 0 Å². The molecule has 0 nitrogen and oxygen atoms in total. The summed E-state index contributed by atoms with van der Waals surface area (Å²) in [5.41, 5.74) is 0. The molecule has 1 rings (SSSR count). The first-order chi connectivity index (χ1) is 6.43. The second-order valence-electron chi connectivity index (χ2n) is 5.18. The summed E-state index contributed by atoms with van der Waals surface area (Å²) >= 11 is -1.48. The fourth-order valence-electron chi connectivity index (χ4n) is 2.25. The third-order valence-corrected chi connectivity index (χ3v) is 13.1. The van der Waals surface area contributed by atoms with Crippen molar-refractivity contribution in [2.45, 2.75) is 42.0 Å². The molecule has 0 saturated carbocycles. The van der Waals surface area contributed by atoms with Crippen molar-refractivity contribution in [3.05, 3.63) is 30.3 Å². The van der Waals surface area contributed by atoms with Crippen molar-refractivity contribution in [2.24, 2.45) is 0 Å².